The van der Waals surface area contributed by atoms with Crippen molar-refractivity contribution in [3.8, 4) is 5.75 Å². The van der Waals surface area contributed by atoms with Gasteiger partial charge in [0.1, 0.15) is 12.3 Å². The van der Waals surface area contributed by atoms with Crippen LogP contribution in [0, 0.1) is 11.8 Å². The Kier molecular flexibility index (Phi) is 3.56. The number of carbonyl (C=O) groups excluding carboxylic acids is 3. The fourth-order valence-electron chi connectivity index (χ4n) is 2.81. The lowest BCUT2D eigenvalue weighted by molar-refractivity contribution is -0.148. The number of esters is 1. The van der Waals surface area contributed by atoms with Crippen LogP contribution in [-0.2, 0) is 14.4 Å². The number of benzene rings is 1. The third-order valence-electron chi connectivity index (χ3n) is 3.86. The monoisotopic (exact) mass is 285 g/mol. The van der Waals surface area contributed by atoms with Gasteiger partial charge in [-0.05, 0) is 25.0 Å². The van der Waals surface area contributed by atoms with Gasteiger partial charge in [0.15, 0.2) is 0 Å². The molecule has 2 atom stereocenters. The Morgan fingerprint density at radius 3 is 2.19 bits per heavy atom. The average Bonchev–Trinajstić information content (AvgIpc) is 2.74. The van der Waals surface area contributed by atoms with Gasteiger partial charge in [-0.1, -0.05) is 30.4 Å². The Bertz CT molecular complexity index is 582. The van der Waals surface area contributed by atoms with Crippen molar-refractivity contribution in [2.75, 3.05) is 6.54 Å². The maximum atomic E-state index is 12.2. The molecule has 1 aliphatic carbocycles. The second kappa shape index (κ2) is 5.52. The van der Waals surface area contributed by atoms with Crippen molar-refractivity contribution in [1.29, 1.82) is 0 Å². The number of fused-ring (bicyclic) bond motifs is 1. The molecule has 2 aliphatic rings. The van der Waals surface area contributed by atoms with Crippen LogP contribution in [0.3, 0.4) is 0 Å². The van der Waals surface area contributed by atoms with E-state index < -0.39 is 5.97 Å². The Hall–Kier alpha value is -2.43. The van der Waals surface area contributed by atoms with Gasteiger partial charge in [0.25, 0.3) is 0 Å². The lowest BCUT2D eigenvalue weighted by atomic mass is 9.85. The van der Waals surface area contributed by atoms with Crippen LogP contribution in [-0.4, -0.2) is 29.2 Å². The summed E-state index contributed by atoms with van der Waals surface area (Å²) in [4.78, 5) is 37.3. The number of ether oxygens (including phenoxy) is 1. The molecule has 0 unspecified atom stereocenters. The van der Waals surface area contributed by atoms with Crippen molar-refractivity contribution in [3.63, 3.8) is 0 Å². The summed E-state index contributed by atoms with van der Waals surface area (Å²) in [6.07, 6.45) is 4.97. The smallest absolute Gasteiger partial charge is 0.331 e. The van der Waals surface area contributed by atoms with Gasteiger partial charge in [-0.2, -0.15) is 0 Å². The van der Waals surface area contributed by atoms with E-state index in [0.717, 1.165) is 4.90 Å². The van der Waals surface area contributed by atoms with E-state index >= 15 is 0 Å². The molecule has 0 aromatic heterocycles. The first-order valence-corrected chi connectivity index (χ1v) is 6.93. The van der Waals surface area contributed by atoms with E-state index in [1.54, 1.807) is 24.3 Å². The van der Waals surface area contributed by atoms with E-state index in [-0.39, 0.29) is 30.2 Å². The summed E-state index contributed by atoms with van der Waals surface area (Å²) < 4.78 is 5.13. The molecule has 108 valence electrons. The first-order chi connectivity index (χ1) is 10.2. The standard InChI is InChI=1S/C16H15NO4/c18-14(21-11-6-2-1-3-7-11)10-17-15(19)12-8-4-5-9-13(12)16(17)20/h1-7,12-13H,8-10H2/t12-,13-/m0/s1. The molecule has 5 nitrogen and oxygen atoms in total. The first-order valence-electron chi connectivity index (χ1n) is 6.93. The number of allylic oxidation sites excluding steroid dienone is 2. The molecule has 0 saturated carbocycles. The Balaban J connectivity index is 1.66. The van der Waals surface area contributed by atoms with Crippen LogP contribution in [0.1, 0.15) is 12.8 Å². The first kappa shape index (κ1) is 13.5. The molecular weight excluding hydrogens is 270 g/mol. The highest BCUT2D eigenvalue weighted by molar-refractivity contribution is 6.07. The largest absolute Gasteiger partial charge is 0.425 e. The third kappa shape index (κ3) is 2.59. The second-order valence-corrected chi connectivity index (χ2v) is 5.21. The van der Waals surface area contributed by atoms with Crippen LogP contribution in [0.5, 0.6) is 5.75 Å². The Morgan fingerprint density at radius 1 is 1.05 bits per heavy atom. The summed E-state index contributed by atoms with van der Waals surface area (Å²) in [5, 5.41) is 0. The number of para-hydroxylation sites is 1. The topological polar surface area (TPSA) is 63.7 Å². The molecule has 2 amide bonds. The molecule has 1 aromatic rings. The molecule has 1 fully saturated rings. The van der Waals surface area contributed by atoms with Crippen LogP contribution in [0.25, 0.3) is 0 Å². The van der Waals surface area contributed by atoms with Gasteiger partial charge in [-0.15, -0.1) is 0 Å². The molecule has 0 N–H and O–H groups in total. The Morgan fingerprint density at radius 2 is 1.62 bits per heavy atom. The minimum atomic E-state index is -0.602. The summed E-state index contributed by atoms with van der Waals surface area (Å²) in [6.45, 7) is -0.320. The van der Waals surface area contributed by atoms with Gasteiger partial charge in [0.2, 0.25) is 11.8 Å². The SMILES string of the molecule is O=C(CN1C(=O)[C@H]2CC=CC[C@@H]2C1=O)Oc1ccccc1. The predicted molar refractivity (Wildman–Crippen MR) is 74.2 cm³/mol. The molecule has 3 rings (SSSR count). The van der Waals surface area contributed by atoms with Crippen LogP contribution < -0.4 is 4.74 Å². The predicted octanol–water partition coefficient (Wildman–Crippen LogP) is 1.54. The average molecular weight is 285 g/mol. The molecule has 1 heterocycles. The molecule has 0 bridgehead atoms. The molecular formula is C16H15NO4. The number of likely N-dealkylation sites (tertiary alicyclic amines) is 1. The maximum Gasteiger partial charge on any atom is 0.331 e. The fourth-order valence-corrected chi connectivity index (χ4v) is 2.81. The molecule has 0 radical (unpaired) electrons. The molecule has 1 saturated heterocycles. The fraction of sp³-hybridized carbons (Fsp3) is 0.312. The van der Waals surface area contributed by atoms with Crippen molar-refractivity contribution < 1.29 is 19.1 Å². The van der Waals surface area contributed by atoms with Gasteiger partial charge in [0, 0.05) is 0 Å². The number of nitrogens with zero attached hydrogens (tertiary/aromatic N) is 1. The van der Waals surface area contributed by atoms with Crippen molar-refractivity contribution >= 4 is 17.8 Å². The number of hydrogen-bond acceptors (Lipinski definition) is 4. The van der Waals surface area contributed by atoms with Gasteiger partial charge in [0.05, 0.1) is 11.8 Å². The molecule has 1 aliphatic heterocycles. The van der Waals surface area contributed by atoms with E-state index in [2.05, 4.69) is 0 Å². The summed E-state index contributed by atoms with van der Waals surface area (Å²) in [5.74, 6) is -1.35. The van der Waals surface area contributed by atoms with Gasteiger partial charge < -0.3 is 4.74 Å². The summed E-state index contributed by atoms with van der Waals surface area (Å²) in [7, 11) is 0. The number of imide groups is 1. The van der Waals surface area contributed by atoms with Gasteiger partial charge in [-0.3, -0.25) is 14.5 Å². The van der Waals surface area contributed by atoms with E-state index in [1.165, 1.54) is 0 Å². The Labute approximate surface area is 122 Å². The van der Waals surface area contributed by atoms with E-state index in [9.17, 15) is 14.4 Å². The van der Waals surface area contributed by atoms with Crippen molar-refractivity contribution in [2.24, 2.45) is 11.8 Å². The van der Waals surface area contributed by atoms with E-state index in [0.29, 0.717) is 18.6 Å². The summed E-state index contributed by atoms with van der Waals surface area (Å²) in [6, 6.07) is 8.59. The van der Waals surface area contributed by atoms with Gasteiger partial charge >= 0.3 is 5.97 Å². The van der Waals surface area contributed by atoms with E-state index in [1.807, 2.05) is 18.2 Å². The second-order valence-electron chi connectivity index (χ2n) is 5.21. The normalized spacial score (nSPS) is 24.1. The molecule has 21 heavy (non-hydrogen) atoms. The lowest BCUT2D eigenvalue weighted by Crippen LogP contribution is -2.37. The molecule has 1 aromatic carbocycles. The number of hydrogen-bond donors (Lipinski definition) is 0. The van der Waals surface area contributed by atoms with Crippen molar-refractivity contribution in [2.45, 2.75) is 12.8 Å². The van der Waals surface area contributed by atoms with Crippen LogP contribution in [0.4, 0.5) is 0 Å². The maximum absolute atomic E-state index is 12.2. The summed E-state index contributed by atoms with van der Waals surface area (Å²) in [5.41, 5.74) is 0. The number of amides is 2. The highest BCUT2D eigenvalue weighted by Gasteiger charge is 2.47. The number of rotatable bonds is 3. The van der Waals surface area contributed by atoms with Gasteiger partial charge in [-0.25, -0.2) is 4.79 Å². The van der Waals surface area contributed by atoms with Crippen molar-refractivity contribution in [3.05, 3.63) is 42.5 Å². The quantitative estimate of drug-likeness (QED) is 0.366. The van der Waals surface area contributed by atoms with Crippen LogP contribution >= 0.6 is 0 Å². The molecule has 0 spiro atoms. The zero-order valence-electron chi connectivity index (χ0n) is 11.4. The van der Waals surface area contributed by atoms with Crippen LogP contribution in [0.2, 0.25) is 0 Å². The summed E-state index contributed by atoms with van der Waals surface area (Å²) >= 11 is 0. The van der Waals surface area contributed by atoms with E-state index in [4.69, 9.17) is 4.74 Å². The molecule has 5 heteroatoms. The van der Waals surface area contributed by atoms with Crippen LogP contribution in [0.15, 0.2) is 42.5 Å². The van der Waals surface area contributed by atoms with Crippen molar-refractivity contribution in [1.82, 2.24) is 4.90 Å². The zero-order valence-corrected chi connectivity index (χ0v) is 11.4. The zero-order chi connectivity index (χ0) is 14.8. The lowest BCUT2D eigenvalue weighted by Gasteiger charge is -2.14. The minimum absolute atomic E-state index is 0.264. The highest BCUT2D eigenvalue weighted by Crippen LogP contribution is 2.34. The highest BCUT2D eigenvalue weighted by atomic mass is 16.5. The third-order valence-corrected chi connectivity index (χ3v) is 3.86. The number of carbonyl (C=O) groups is 3. The minimum Gasteiger partial charge on any atom is -0.425 e.